The van der Waals surface area contributed by atoms with Gasteiger partial charge in [-0.1, -0.05) is 6.92 Å². The van der Waals surface area contributed by atoms with Crippen molar-refractivity contribution in [1.82, 2.24) is 4.90 Å². The Kier molecular flexibility index (Phi) is 7.42. The fourth-order valence-corrected chi connectivity index (χ4v) is 1.55. The first kappa shape index (κ1) is 16.8. The van der Waals surface area contributed by atoms with Crippen molar-refractivity contribution in [3.05, 3.63) is 0 Å². The van der Waals surface area contributed by atoms with Crippen molar-refractivity contribution in [2.24, 2.45) is 5.92 Å². The predicted molar refractivity (Wildman–Crippen MR) is 68.5 cm³/mol. The highest BCUT2D eigenvalue weighted by atomic mass is 32.1. The Labute approximate surface area is 112 Å². The highest BCUT2D eigenvalue weighted by molar-refractivity contribution is 7.80. The zero-order valence-electron chi connectivity index (χ0n) is 10.8. The van der Waals surface area contributed by atoms with Crippen LogP contribution in [0.4, 0.5) is 0 Å². The number of hydrogen-bond acceptors (Lipinski definition) is 5. The molecule has 0 rings (SSSR count). The molecule has 0 bridgehead atoms. The summed E-state index contributed by atoms with van der Waals surface area (Å²) in [5.74, 6) is -2.01. The SMILES string of the molecule is COC(=O)C[C@@H](C)N(CC(=O)O)C(=O)[C@H](C)CS. The van der Waals surface area contributed by atoms with Crippen LogP contribution in [0.5, 0.6) is 0 Å². The zero-order chi connectivity index (χ0) is 14.3. The number of methoxy groups -OCH3 is 1. The van der Waals surface area contributed by atoms with E-state index in [1.54, 1.807) is 13.8 Å². The van der Waals surface area contributed by atoms with Crippen LogP contribution in [0.3, 0.4) is 0 Å². The molecule has 0 unspecified atom stereocenters. The third kappa shape index (κ3) is 5.39. The number of carbonyl (C=O) groups is 3. The molecular formula is C11H19NO5S. The molecule has 0 saturated carbocycles. The summed E-state index contributed by atoms with van der Waals surface area (Å²) in [4.78, 5) is 35.1. The number of thiol groups is 1. The van der Waals surface area contributed by atoms with Gasteiger partial charge < -0.3 is 14.7 Å². The van der Waals surface area contributed by atoms with E-state index in [4.69, 9.17) is 5.11 Å². The number of carbonyl (C=O) groups excluding carboxylic acids is 2. The molecule has 2 atom stereocenters. The van der Waals surface area contributed by atoms with Crippen LogP contribution in [0.25, 0.3) is 0 Å². The van der Waals surface area contributed by atoms with Gasteiger partial charge in [0, 0.05) is 17.7 Å². The topological polar surface area (TPSA) is 83.9 Å². The lowest BCUT2D eigenvalue weighted by atomic mass is 10.1. The molecule has 0 aliphatic carbocycles. The van der Waals surface area contributed by atoms with Gasteiger partial charge in [-0.2, -0.15) is 12.6 Å². The van der Waals surface area contributed by atoms with Crippen LogP contribution in [-0.4, -0.2) is 53.3 Å². The molecule has 18 heavy (non-hydrogen) atoms. The van der Waals surface area contributed by atoms with E-state index in [0.717, 1.165) is 0 Å². The number of aliphatic carboxylic acids is 1. The molecule has 0 spiro atoms. The molecule has 0 aromatic carbocycles. The van der Waals surface area contributed by atoms with Gasteiger partial charge in [-0.15, -0.1) is 0 Å². The summed E-state index contributed by atoms with van der Waals surface area (Å²) in [5.41, 5.74) is 0. The fraction of sp³-hybridized carbons (Fsp3) is 0.727. The van der Waals surface area contributed by atoms with Crippen LogP contribution in [-0.2, 0) is 19.1 Å². The van der Waals surface area contributed by atoms with E-state index in [9.17, 15) is 14.4 Å². The summed E-state index contributed by atoms with van der Waals surface area (Å²) in [5, 5.41) is 8.80. The van der Waals surface area contributed by atoms with Crippen molar-refractivity contribution in [2.75, 3.05) is 19.4 Å². The van der Waals surface area contributed by atoms with Crippen molar-refractivity contribution in [1.29, 1.82) is 0 Å². The second kappa shape index (κ2) is 7.97. The summed E-state index contributed by atoms with van der Waals surface area (Å²) in [6, 6.07) is -0.525. The highest BCUT2D eigenvalue weighted by Gasteiger charge is 2.27. The van der Waals surface area contributed by atoms with Crippen molar-refractivity contribution in [2.45, 2.75) is 26.3 Å². The van der Waals surface area contributed by atoms with E-state index in [-0.39, 0.29) is 12.3 Å². The molecule has 0 heterocycles. The van der Waals surface area contributed by atoms with E-state index in [0.29, 0.717) is 5.75 Å². The quantitative estimate of drug-likeness (QED) is 0.520. The van der Waals surface area contributed by atoms with Crippen LogP contribution in [0.2, 0.25) is 0 Å². The third-order valence-corrected chi connectivity index (χ3v) is 3.05. The second-order valence-electron chi connectivity index (χ2n) is 4.07. The molecule has 0 aliphatic rings. The number of carboxylic acid groups (broad SMARTS) is 1. The lowest BCUT2D eigenvalue weighted by molar-refractivity contribution is -0.150. The second-order valence-corrected chi connectivity index (χ2v) is 4.44. The van der Waals surface area contributed by atoms with Crippen LogP contribution in [0, 0.1) is 5.92 Å². The predicted octanol–water partition coefficient (Wildman–Crippen LogP) is 0.417. The summed E-state index contributed by atoms with van der Waals surface area (Å²) < 4.78 is 4.50. The first-order valence-corrected chi connectivity index (χ1v) is 6.16. The van der Waals surface area contributed by atoms with Crippen LogP contribution in [0.15, 0.2) is 0 Å². The van der Waals surface area contributed by atoms with Gasteiger partial charge in [0.2, 0.25) is 5.91 Å². The maximum Gasteiger partial charge on any atom is 0.323 e. The maximum absolute atomic E-state index is 12.0. The summed E-state index contributed by atoms with van der Waals surface area (Å²) in [7, 11) is 1.24. The molecule has 1 amide bonds. The molecular weight excluding hydrogens is 258 g/mol. The minimum absolute atomic E-state index is 0.0329. The monoisotopic (exact) mass is 277 g/mol. The normalized spacial score (nSPS) is 13.6. The molecule has 1 N–H and O–H groups in total. The Morgan fingerprint density at radius 2 is 1.89 bits per heavy atom. The Morgan fingerprint density at radius 3 is 2.28 bits per heavy atom. The largest absolute Gasteiger partial charge is 0.480 e. The number of amides is 1. The maximum atomic E-state index is 12.0. The van der Waals surface area contributed by atoms with Crippen molar-refractivity contribution in [3.8, 4) is 0 Å². The van der Waals surface area contributed by atoms with Gasteiger partial charge in [-0.3, -0.25) is 14.4 Å². The van der Waals surface area contributed by atoms with Gasteiger partial charge in [0.05, 0.1) is 13.5 Å². The van der Waals surface area contributed by atoms with Crippen LogP contribution < -0.4 is 0 Å². The molecule has 0 aromatic heterocycles. The number of carboxylic acids is 1. The molecule has 0 aliphatic heterocycles. The molecule has 0 aromatic rings. The standard InChI is InChI=1S/C11H19NO5S/c1-7(6-18)11(16)12(5-9(13)14)8(2)4-10(15)17-3/h7-8,18H,4-6H2,1-3H3,(H,13,14)/t7-,8-/m1/s1. The van der Waals surface area contributed by atoms with E-state index in [1.165, 1.54) is 12.0 Å². The number of esters is 1. The van der Waals surface area contributed by atoms with Crippen LogP contribution >= 0.6 is 12.6 Å². The number of rotatable bonds is 7. The molecule has 0 fully saturated rings. The number of hydrogen-bond donors (Lipinski definition) is 2. The van der Waals surface area contributed by atoms with Crippen molar-refractivity contribution in [3.63, 3.8) is 0 Å². The lowest BCUT2D eigenvalue weighted by Crippen LogP contribution is -2.45. The Bertz CT molecular complexity index is 321. The van der Waals surface area contributed by atoms with Gasteiger partial charge in [0.15, 0.2) is 0 Å². The Hall–Kier alpha value is -1.24. The van der Waals surface area contributed by atoms with Gasteiger partial charge in [0.1, 0.15) is 6.54 Å². The highest BCUT2D eigenvalue weighted by Crippen LogP contribution is 2.11. The van der Waals surface area contributed by atoms with E-state index in [1.807, 2.05) is 0 Å². The zero-order valence-corrected chi connectivity index (χ0v) is 11.6. The number of nitrogens with zero attached hydrogens (tertiary/aromatic N) is 1. The third-order valence-electron chi connectivity index (χ3n) is 2.51. The first-order valence-electron chi connectivity index (χ1n) is 5.53. The first-order chi connectivity index (χ1) is 8.33. The summed E-state index contributed by atoms with van der Waals surface area (Å²) in [6.07, 6.45) is -0.0329. The lowest BCUT2D eigenvalue weighted by Gasteiger charge is -2.29. The Morgan fingerprint density at radius 1 is 1.33 bits per heavy atom. The van der Waals surface area contributed by atoms with E-state index < -0.39 is 30.4 Å². The minimum Gasteiger partial charge on any atom is -0.480 e. The molecule has 7 heteroatoms. The van der Waals surface area contributed by atoms with Gasteiger partial charge >= 0.3 is 11.9 Å². The average Bonchev–Trinajstić information content (AvgIpc) is 2.33. The fourth-order valence-electron chi connectivity index (χ4n) is 1.39. The molecule has 0 radical (unpaired) electrons. The minimum atomic E-state index is -1.12. The van der Waals surface area contributed by atoms with Gasteiger partial charge in [0.25, 0.3) is 0 Å². The number of ether oxygens (including phenoxy) is 1. The van der Waals surface area contributed by atoms with Gasteiger partial charge in [-0.25, -0.2) is 0 Å². The summed E-state index contributed by atoms with van der Waals surface area (Å²) in [6.45, 7) is 2.84. The van der Waals surface area contributed by atoms with E-state index >= 15 is 0 Å². The van der Waals surface area contributed by atoms with Crippen LogP contribution in [0.1, 0.15) is 20.3 Å². The Balaban J connectivity index is 4.81. The molecule has 0 saturated heterocycles. The smallest absolute Gasteiger partial charge is 0.323 e. The molecule has 104 valence electrons. The molecule has 6 nitrogen and oxygen atoms in total. The van der Waals surface area contributed by atoms with Crippen molar-refractivity contribution >= 4 is 30.5 Å². The average molecular weight is 277 g/mol. The summed E-state index contributed by atoms with van der Waals surface area (Å²) >= 11 is 4.01. The van der Waals surface area contributed by atoms with E-state index in [2.05, 4.69) is 17.4 Å². The van der Waals surface area contributed by atoms with Crippen molar-refractivity contribution < 1.29 is 24.2 Å². The van der Waals surface area contributed by atoms with Gasteiger partial charge in [-0.05, 0) is 6.92 Å².